The van der Waals surface area contributed by atoms with Gasteiger partial charge in [0.1, 0.15) is 0 Å². The third kappa shape index (κ3) is 3.18. The lowest BCUT2D eigenvalue weighted by Gasteiger charge is -2.24. The molecule has 3 aromatic carbocycles. The molecule has 0 saturated heterocycles. The first-order valence-corrected chi connectivity index (χ1v) is 8.87. The number of furan rings is 1. The van der Waals surface area contributed by atoms with Crippen molar-refractivity contribution in [3.63, 3.8) is 0 Å². The van der Waals surface area contributed by atoms with Gasteiger partial charge >= 0.3 is 0 Å². The smallest absolute Gasteiger partial charge is 0.0902 e. The lowest BCUT2D eigenvalue weighted by Crippen LogP contribution is -2.17. The highest BCUT2D eigenvalue weighted by Gasteiger charge is 2.20. The summed E-state index contributed by atoms with van der Waals surface area (Å²) >= 11 is 0. The van der Waals surface area contributed by atoms with Crippen LogP contribution in [0.25, 0.3) is 21.5 Å². The van der Waals surface area contributed by atoms with Gasteiger partial charge in [-0.2, -0.15) is 0 Å². The Morgan fingerprint density at radius 2 is 1.64 bits per heavy atom. The van der Waals surface area contributed by atoms with Gasteiger partial charge in [0.05, 0.1) is 12.5 Å². The number of hydrogen-bond acceptors (Lipinski definition) is 2. The maximum atomic E-state index is 9.46. The van der Waals surface area contributed by atoms with E-state index in [2.05, 4.69) is 52.9 Å². The highest BCUT2D eigenvalue weighted by molar-refractivity contribution is 6.08. The number of aryl methyl sites for hydroxylation is 1. The van der Waals surface area contributed by atoms with Gasteiger partial charge in [-0.05, 0) is 70.0 Å². The molecule has 0 spiro atoms. The molecule has 2 heteroatoms. The van der Waals surface area contributed by atoms with Crippen molar-refractivity contribution in [1.29, 1.82) is 0 Å². The highest BCUT2D eigenvalue weighted by Crippen LogP contribution is 2.34. The number of fused-ring (bicyclic) bond motifs is 5. The van der Waals surface area contributed by atoms with E-state index in [-0.39, 0.29) is 0 Å². The van der Waals surface area contributed by atoms with Gasteiger partial charge in [-0.15, -0.1) is 0 Å². The number of aliphatic hydroxyl groups is 1. The molecule has 4 aromatic rings. The molecule has 0 fully saturated rings. The van der Waals surface area contributed by atoms with Crippen LogP contribution in [0.5, 0.6) is 0 Å². The van der Waals surface area contributed by atoms with Crippen molar-refractivity contribution in [2.45, 2.75) is 19.3 Å². The van der Waals surface area contributed by atoms with Crippen LogP contribution >= 0.6 is 0 Å². The summed E-state index contributed by atoms with van der Waals surface area (Å²) in [5.41, 5.74) is 2.93. The van der Waals surface area contributed by atoms with E-state index in [1.165, 1.54) is 32.7 Å². The molecule has 0 amide bonds. The lowest BCUT2D eigenvalue weighted by molar-refractivity contribution is 0.214. The summed E-state index contributed by atoms with van der Waals surface area (Å²) in [5, 5.41) is 14.8. The maximum absolute atomic E-state index is 9.46. The Morgan fingerprint density at radius 1 is 0.840 bits per heavy atom. The first-order valence-electron chi connectivity index (χ1n) is 8.87. The summed E-state index contributed by atoms with van der Waals surface area (Å²) in [6.07, 6.45) is 6.48. The second-order valence-corrected chi connectivity index (χ2v) is 6.67. The van der Waals surface area contributed by atoms with Gasteiger partial charge in [0.2, 0.25) is 0 Å². The fourth-order valence-electron chi connectivity index (χ4n) is 3.80. The van der Waals surface area contributed by atoms with Crippen molar-refractivity contribution in [2.75, 3.05) is 6.61 Å². The quantitative estimate of drug-likeness (QED) is 0.476. The van der Waals surface area contributed by atoms with E-state index in [9.17, 15) is 5.11 Å². The Balaban J connectivity index is 0.000000272. The Labute approximate surface area is 147 Å². The average Bonchev–Trinajstić information content (AvgIpc) is 3.27. The van der Waals surface area contributed by atoms with E-state index in [1.54, 1.807) is 12.5 Å². The molecule has 126 valence electrons. The SMILES string of the molecule is OCC1CCc2ccc3c(ccc4ccccc43)c2C1.c1ccoc1. The molecular weight excluding hydrogens is 308 g/mol. The van der Waals surface area contributed by atoms with Crippen LogP contribution in [0.4, 0.5) is 0 Å². The molecule has 1 aromatic heterocycles. The fourth-order valence-corrected chi connectivity index (χ4v) is 3.80. The van der Waals surface area contributed by atoms with Gasteiger partial charge in [-0.25, -0.2) is 0 Å². The molecule has 1 heterocycles. The van der Waals surface area contributed by atoms with Crippen LogP contribution < -0.4 is 0 Å². The largest absolute Gasteiger partial charge is 0.473 e. The number of rotatable bonds is 1. The third-order valence-electron chi connectivity index (χ3n) is 5.13. The summed E-state index contributed by atoms with van der Waals surface area (Å²) in [6, 6.07) is 21.3. The Kier molecular flexibility index (Phi) is 4.53. The summed E-state index contributed by atoms with van der Waals surface area (Å²) in [5.74, 6) is 0.430. The van der Waals surface area contributed by atoms with Crippen LogP contribution in [0.3, 0.4) is 0 Å². The molecule has 2 nitrogen and oxygen atoms in total. The van der Waals surface area contributed by atoms with Crippen LogP contribution in [-0.4, -0.2) is 11.7 Å². The van der Waals surface area contributed by atoms with Gasteiger partial charge in [0.25, 0.3) is 0 Å². The summed E-state index contributed by atoms with van der Waals surface area (Å²) < 4.78 is 4.58. The Morgan fingerprint density at radius 3 is 2.40 bits per heavy atom. The van der Waals surface area contributed by atoms with E-state index >= 15 is 0 Å². The highest BCUT2D eigenvalue weighted by atomic mass is 16.3. The van der Waals surface area contributed by atoms with E-state index in [4.69, 9.17) is 0 Å². The fraction of sp³-hybridized carbons (Fsp3) is 0.217. The van der Waals surface area contributed by atoms with Crippen LogP contribution in [-0.2, 0) is 12.8 Å². The van der Waals surface area contributed by atoms with Gasteiger partial charge in [0, 0.05) is 6.61 Å². The Bertz CT molecular complexity index is 953. The van der Waals surface area contributed by atoms with Crippen molar-refractivity contribution in [3.05, 3.63) is 84.3 Å². The molecule has 1 unspecified atom stereocenters. The van der Waals surface area contributed by atoms with Gasteiger partial charge in [-0.3, -0.25) is 0 Å². The maximum Gasteiger partial charge on any atom is 0.0902 e. The predicted octanol–water partition coefficient (Wildman–Crippen LogP) is 5.37. The minimum atomic E-state index is 0.309. The van der Waals surface area contributed by atoms with E-state index < -0.39 is 0 Å². The molecule has 1 aliphatic carbocycles. The minimum absolute atomic E-state index is 0.309. The van der Waals surface area contributed by atoms with E-state index in [0.717, 1.165) is 19.3 Å². The molecule has 1 aliphatic rings. The van der Waals surface area contributed by atoms with Crippen molar-refractivity contribution < 1.29 is 9.52 Å². The zero-order chi connectivity index (χ0) is 17.1. The van der Waals surface area contributed by atoms with Crippen molar-refractivity contribution in [2.24, 2.45) is 5.92 Å². The molecule has 5 rings (SSSR count). The molecule has 0 bridgehead atoms. The second kappa shape index (κ2) is 7.12. The van der Waals surface area contributed by atoms with Crippen molar-refractivity contribution >= 4 is 21.5 Å². The van der Waals surface area contributed by atoms with E-state index in [1.807, 2.05) is 12.1 Å². The molecule has 0 radical (unpaired) electrons. The normalized spacial score (nSPS) is 16.3. The predicted molar refractivity (Wildman–Crippen MR) is 103 cm³/mol. The van der Waals surface area contributed by atoms with Gasteiger partial charge < -0.3 is 9.52 Å². The lowest BCUT2D eigenvalue weighted by atomic mass is 9.81. The zero-order valence-electron chi connectivity index (χ0n) is 14.2. The first-order chi connectivity index (χ1) is 12.4. The average molecular weight is 330 g/mol. The van der Waals surface area contributed by atoms with Crippen molar-refractivity contribution in [1.82, 2.24) is 0 Å². The third-order valence-corrected chi connectivity index (χ3v) is 5.13. The van der Waals surface area contributed by atoms with Gasteiger partial charge in [0.15, 0.2) is 0 Å². The van der Waals surface area contributed by atoms with Crippen molar-refractivity contribution in [3.8, 4) is 0 Å². The van der Waals surface area contributed by atoms with E-state index in [0.29, 0.717) is 12.5 Å². The number of aliphatic hydroxyl groups excluding tert-OH is 1. The molecule has 0 saturated carbocycles. The summed E-state index contributed by atoms with van der Waals surface area (Å²) in [6.45, 7) is 0.309. The summed E-state index contributed by atoms with van der Waals surface area (Å²) in [7, 11) is 0. The second-order valence-electron chi connectivity index (χ2n) is 6.67. The topological polar surface area (TPSA) is 33.4 Å². The molecule has 0 aliphatic heterocycles. The molecule has 25 heavy (non-hydrogen) atoms. The minimum Gasteiger partial charge on any atom is -0.473 e. The molecule has 1 N–H and O–H groups in total. The van der Waals surface area contributed by atoms with Crippen LogP contribution in [0.1, 0.15) is 17.5 Å². The van der Waals surface area contributed by atoms with Gasteiger partial charge in [-0.1, -0.05) is 48.5 Å². The molecule has 1 atom stereocenters. The standard InChI is InChI=1S/C19H18O.C4H4O/c20-12-13-5-6-15-8-9-17-16-4-2-1-3-14(16)7-10-18(17)19(15)11-13;1-2-4-5-3-1/h1-4,7-10,13,20H,5-6,11-12H2;1-4H. The van der Waals surface area contributed by atoms with Crippen LogP contribution in [0, 0.1) is 5.92 Å². The van der Waals surface area contributed by atoms with Crippen LogP contribution in [0.15, 0.2) is 77.6 Å². The summed E-state index contributed by atoms with van der Waals surface area (Å²) in [4.78, 5) is 0. The number of benzene rings is 3. The Hall–Kier alpha value is -2.58. The molecular formula is C23H22O2. The first kappa shape index (κ1) is 15.9. The monoisotopic (exact) mass is 330 g/mol. The van der Waals surface area contributed by atoms with Crippen LogP contribution in [0.2, 0.25) is 0 Å². The zero-order valence-corrected chi connectivity index (χ0v) is 14.2. The number of hydrogen-bond donors (Lipinski definition) is 1.